The zero-order valence-corrected chi connectivity index (χ0v) is 13.1. The van der Waals surface area contributed by atoms with Crippen molar-refractivity contribution < 1.29 is 19.4 Å². The summed E-state index contributed by atoms with van der Waals surface area (Å²) in [6.45, 7) is 11.1. The molecule has 0 amide bonds. The molecule has 6 nitrogen and oxygen atoms in total. The first kappa shape index (κ1) is 19.3. The molecule has 1 atom stereocenters. The lowest BCUT2D eigenvalue weighted by Gasteiger charge is -2.26. The van der Waals surface area contributed by atoms with Gasteiger partial charge in [-0.25, -0.2) is 0 Å². The fourth-order valence-electron chi connectivity index (χ4n) is 1.78. The van der Waals surface area contributed by atoms with E-state index in [1.165, 1.54) is 0 Å². The first-order valence-corrected chi connectivity index (χ1v) is 7.49. The van der Waals surface area contributed by atoms with Gasteiger partial charge in [-0.15, -0.1) is 0 Å². The van der Waals surface area contributed by atoms with Gasteiger partial charge in [-0.2, -0.15) is 0 Å². The van der Waals surface area contributed by atoms with Crippen LogP contribution in [0.4, 0.5) is 0 Å². The summed E-state index contributed by atoms with van der Waals surface area (Å²) in [5, 5.41) is 12.3. The molecule has 0 aromatic heterocycles. The lowest BCUT2D eigenvalue weighted by Crippen LogP contribution is -2.48. The quantitative estimate of drug-likeness (QED) is 0.461. The SMILES string of the molecule is CCCNC(CN(CCOCC)CCOCC)C(=O)O. The van der Waals surface area contributed by atoms with Gasteiger partial charge < -0.3 is 19.9 Å². The molecule has 0 saturated heterocycles. The molecule has 0 saturated carbocycles. The van der Waals surface area contributed by atoms with E-state index in [0.29, 0.717) is 39.5 Å². The fourth-order valence-corrected chi connectivity index (χ4v) is 1.78. The van der Waals surface area contributed by atoms with E-state index in [-0.39, 0.29) is 0 Å². The minimum absolute atomic E-state index is 0.468. The maximum Gasteiger partial charge on any atom is 0.322 e. The Morgan fingerprint density at radius 2 is 1.70 bits per heavy atom. The van der Waals surface area contributed by atoms with Crippen LogP contribution < -0.4 is 5.32 Å². The zero-order valence-electron chi connectivity index (χ0n) is 13.1. The molecule has 6 heteroatoms. The van der Waals surface area contributed by atoms with Gasteiger partial charge in [0, 0.05) is 32.8 Å². The molecule has 0 heterocycles. The lowest BCUT2D eigenvalue weighted by atomic mass is 10.2. The van der Waals surface area contributed by atoms with Crippen LogP contribution in [0, 0.1) is 0 Å². The molecule has 0 aliphatic heterocycles. The molecular weight excluding hydrogens is 260 g/mol. The van der Waals surface area contributed by atoms with Crippen molar-refractivity contribution in [2.75, 3.05) is 52.6 Å². The summed E-state index contributed by atoms with van der Waals surface area (Å²) in [4.78, 5) is 13.3. The van der Waals surface area contributed by atoms with Crippen molar-refractivity contribution in [1.82, 2.24) is 10.2 Å². The second kappa shape index (κ2) is 13.3. The summed E-state index contributed by atoms with van der Waals surface area (Å²) < 4.78 is 10.7. The van der Waals surface area contributed by atoms with Gasteiger partial charge in [0.15, 0.2) is 0 Å². The van der Waals surface area contributed by atoms with Gasteiger partial charge in [-0.3, -0.25) is 9.69 Å². The van der Waals surface area contributed by atoms with Crippen LogP contribution in [0.25, 0.3) is 0 Å². The van der Waals surface area contributed by atoms with Crippen LogP contribution in [0.3, 0.4) is 0 Å². The van der Waals surface area contributed by atoms with Crippen LogP contribution in [0.1, 0.15) is 27.2 Å². The second-order valence-electron chi connectivity index (χ2n) is 4.54. The molecule has 0 fully saturated rings. The van der Waals surface area contributed by atoms with Crippen LogP contribution in [-0.4, -0.2) is 74.6 Å². The molecule has 1 unspecified atom stereocenters. The summed E-state index contributed by atoms with van der Waals surface area (Å²) in [6, 6.07) is -0.543. The number of nitrogens with zero attached hydrogens (tertiary/aromatic N) is 1. The summed E-state index contributed by atoms with van der Waals surface area (Å²) in [5.41, 5.74) is 0. The van der Waals surface area contributed by atoms with Gasteiger partial charge in [0.1, 0.15) is 6.04 Å². The molecule has 0 aliphatic rings. The summed E-state index contributed by atoms with van der Waals surface area (Å²) in [6.07, 6.45) is 0.918. The average molecular weight is 290 g/mol. The zero-order chi connectivity index (χ0) is 15.2. The molecule has 0 radical (unpaired) electrons. The van der Waals surface area contributed by atoms with Gasteiger partial charge in [-0.05, 0) is 26.8 Å². The Balaban J connectivity index is 4.27. The molecule has 0 rings (SSSR count). The number of aliphatic carboxylic acids is 1. The molecule has 120 valence electrons. The van der Waals surface area contributed by atoms with E-state index in [4.69, 9.17) is 9.47 Å². The maximum atomic E-state index is 11.2. The van der Waals surface area contributed by atoms with Crippen LogP contribution in [0.2, 0.25) is 0 Å². The van der Waals surface area contributed by atoms with E-state index in [1.807, 2.05) is 20.8 Å². The molecule has 0 aromatic carbocycles. The third-order valence-corrected chi connectivity index (χ3v) is 2.89. The van der Waals surface area contributed by atoms with E-state index in [1.54, 1.807) is 0 Å². The normalized spacial score (nSPS) is 12.8. The standard InChI is InChI=1S/C14H30N2O4/c1-4-7-15-13(14(17)18)12-16(8-10-19-5-2)9-11-20-6-3/h13,15H,4-12H2,1-3H3,(H,17,18). The number of carbonyl (C=O) groups is 1. The highest BCUT2D eigenvalue weighted by molar-refractivity contribution is 5.73. The summed E-state index contributed by atoms with van der Waals surface area (Å²) in [5.74, 6) is -0.809. The Morgan fingerprint density at radius 3 is 2.10 bits per heavy atom. The number of carboxylic acid groups (broad SMARTS) is 1. The Hall–Kier alpha value is -0.690. The van der Waals surface area contributed by atoms with Crippen molar-refractivity contribution in [3.05, 3.63) is 0 Å². The average Bonchev–Trinajstić information content (AvgIpc) is 2.42. The highest BCUT2D eigenvalue weighted by atomic mass is 16.5. The monoisotopic (exact) mass is 290 g/mol. The predicted octanol–water partition coefficient (Wildman–Crippen LogP) is 0.814. The summed E-state index contributed by atoms with van der Waals surface area (Å²) in [7, 11) is 0. The minimum Gasteiger partial charge on any atom is -0.480 e. The Kier molecular flexibility index (Phi) is 12.8. The molecule has 0 spiro atoms. The van der Waals surface area contributed by atoms with Crippen molar-refractivity contribution in [3.63, 3.8) is 0 Å². The van der Waals surface area contributed by atoms with Crippen molar-refractivity contribution in [2.45, 2.75) is 33.2 Å². The highest BCUT2D eigenvalue weighted by Crippen LogP contribution is 1.96. The molecule has 0 bridgehead atoms. The topological polar surface area (TPSA) is 71.0 Å². The fraction of sp³-hybridized carbons (Fsp3) is 0.929. The van der Waals surface area contributed by atoms with Crippen molar-refractivity contribution in [3.8, 4) is 0 Å². The largest absolute Gasteiger partial charge is 0.480 e. The van der Waals surface area contributed by atoms with Crippen LogP contribution >= 0.6 is 0 Å². The van der Waals surface area contributed by atoms with Gasteiger partial charge in [0.25, 0.3) is 0 Å². The van der Waals surface area contributed by atoms with Crippen LogP contribution in [0.15, 0.2) is 0 Å². The number of carboxylic acids is 1. The van der Waals surface area contributed by atoms with Gasteiger partial charge in [-0.1, -0.05) is 6.92 Å². The first-order chi connectivity index (χ1) is 9.65. The predicted molar refractivity (Wildman–Crippen MR) is 79.1 cm³/mol. The molecule has 0 aromatic rings. The van der Waals surface area contributed by atoms with Gasteiger partial charge in [0.2, 0.25) is 0 Å². The first-order valence-electron chi connectivity index (χ1n) is 7.49. The Bertz CT molecular complexity index is 229. The third-order valence-electron chi connectivity index (χ3n) is 2.89. The molecule has 20 heavy (non-hydrogen) atoms. The van der Waals surface area contributed by atoms with E-state index in [0.717, 1.165) is 19.5 Å². The minimum atomic E-state index is -0.809. The van der Waals surface area contributed by atoms with Crippen molar-refractivity contribution in [2.24, 2.45) is 0 Å². The van der Waals surface area contributed by atoms with E-state index >= 15 is 0 Å². The Morgan fingerprint density at radius 1 is 1.15 bits per heavy atom. The van der Waals surface area contributed by atoms with Crippen molar-refractivity contribution >= 4 is 5.97 Å². The Labute approximate surface area is 122 Å². The van der Waals surface area contributed by atoms with Crippen molar-refractivity contribution in [1.29, 1.82) is 0 Å². The summed E-state index contributed by atoms with van der Waals surface area (Å²) >= 11 is 0. The van der Waals surface area contributed by atoms with E-state index in [9.17, 15) is 9.90 Å². The van der Waals surface area contributed by atoms with Crippen LogP contribution in [-0.2, 0) is 14.3 Å². The van der Waals surface area contributed by atoms with E-state index < -0.39 is 12.0 Å². The second-order valence-corrected chi connectivity index (χ2v) is 4.54. The lowest BCUT2D eigenvalue weighted by molar-refractivity contribution is -0.140. The van der Waals surface area contributed by atoms with Gasteiger partial charge >= 0.3 is 5.97 Å². The molecule has 2 N–H and O–H groups in total. The van der Waals surface area contributed by atoms with E-state index in [2.05, 4.69) is 10.2 Å². The number of rotatable bonds is 14. The molecular formula is C14H30N2O4. The number of hydrogen-bond donors (Lipinski definition) is 2. The highest BCUT2D eigenvalue weighted by Gasteiger charge is 2.20. The van der Waals surface area contributed by atoms with Crippen LogP contribution in [0.5, 0.6) is 0 Å². The smallest absolute Gasteiger partial charge is 0.322 e. The maximum absolute atomic E-state index is 11.2. The molecule has 0 aliphatic carbocycles. The number of hydrogen-bond acceptors (Lipinski definition) is 5. The van der Waals surface area contributed by atoms with Gasteiger partial charge in [0.05, 0.1) is 13.2 Å². The number of nitrogens with one attached hydrogen (secondary N) is 1. The third kappa shape index (κ3) is 10.1. The number of ether oxygens (including phenoxy) is 2.